The topological polar surface area (TPSA) is 58.4 Å². The lowest BCUT2D eigenvalue weighted by molar-refractivity contribution is 0.202. The van der Waals surface area contributed by atoms with Crippen LogP contribution < -0.4 is 11.1 Å². The Balaban J connectivity index is 2.13. The summed E-state index contributed by atoms with van der Waals surface area (Å²) < 4.78 is 0. The molecule has 1 aromatic carbocycles. The van der Waals surface area contributed by atoms with Crippen LogP contribution in [-0.4, -0.2) is 24.0 Å². The average Bonchev–Trinajstić information content (AvgIpc) is 2.75. The molecule has 0 bridgehead atoms. The van der Waals surface area contributed by atoms with Gasteiger partial charge in [-0.1, -0.05) is 24.3 Å². The molecule has 4 heteroatoms. The van der Waals surface area contributed by atoms with E-state index in [1.54, 1.807) is 0 Å². The lowest BCUT2D eigenvalue weighted by Gasteiger charge is -2.23. The number of carbonyl (C=O) groups excluding carboxylic acids is 1. The van der Waals surface area contributed by atoms with E-state index in [0.29, 0.717) is 6.54 Å². The van der Waals surface area contributed by atoms with Crippen LogP contribution in [0.3, 0.4) is 0 Å². The Morgan fingerprint density at radius 3 is 2.62 bits per heavy atom. The maximum absolute atomic E-state index is 11.5. The molecule has 2 amide bonds. The molecule has 1 aliphatic heterocycles. The van der Waals surface area contributed by atoms with Crippen LogP contribution in [-0.2, 0) is 6.54 Å². The lowest BCUT2D eigenvalue weighted by Crippen LogP contribution is -2.30. The summed E-state index contributed by atoms with van der Waals surface area (Å²) in [5, 5.41) is 2.81. The van der Waals surface area contributed by atoms with Gasteiger partial charge in [-0.25, -0.2) is 4.79 Å². The van der Waals surface area contributed by atoms with Crippen LogP contribution in [0.1, 0.15) is 24.1 Å². The van der Waals surface area contributed by atoms with Crippen molar-refractivity contribution in [3.8, 4) is 0 Å². The molecular weight excluding hydrogens is 202 g/mol. The fraction of sp³-hybridized carbons (Fsp3) is 0.417. The fourth-order valence-electron chi connectivity index (χ4n) is 1.97. The second-order valence-electron chi connectivity index (χ2n) is 4.05. The first-order valence-corrected chi connectivity index (χ1v) is 5.55. The number of amides is 2. The van der Waals surface area contributed by atoms with E-state index >= 15 is 0 Å². The molecule has 0 aromatic heterocycles. The molecule has 2 rings (SSSR count). The zero-order valence-electron chi connectivity index (χ0n) is 9.44. The Morgan fingerprint density at radius 1 is 1.44 bits per heavy atom. The van der Waals surface area contributed by atoms with Crippen LogP contribution >= 0.6 is 0 Å². The van der Waals surface area contributed by atoms with E-state index in [0.717, 1.165) is 24.2 Å². The van der Waals surface area contributed by atoms with Crippen LogP contribution in [0.15, 0.2) is 24.3 Å². The predicted molar refractivity (Wildman–Crippen MR) is 62.9 cm³/mol. The minimum Gasteiger partial charge on any atom is -0.336 e. The van der Waals surface area contributed by atoms with Crippen molar-refractivity contribution in [1.82, 2.24) is 10.2 Å². The second-order valence-corrected chi connectivity index (χ2v) is 4.05. The summed E-state index contributed by atoms with van der Waals surface area (Å²) in [6.45, 7) is 4.11. The Bertz CT molecular complexity index is 374. The van der Waals surface area contributed by atoms with E-state index in [9.17, 15) is 4.79 Å². The summed E-state index contributed by atoms with van der Waals surface area (Å²) in [6.07, 6.45) is 0. The van der Waals surface area contributed by atoms with Crippen molar-refractivity contribution in [2.45, 2.75) is 19.5 Å². The van der Waals surface area contributed by atoms with Gasteiger partial charge in [-0.15, -0.1) is 0 Å². The molecule has 3 N–H and O–H groups in total. The van der Waals surface area contributed by atoms with Gasteiger partial charge in [-0.2, -0.15) is 0 Å². The fourth-order valence-corrected chi connectivity index (χ4v) is 1.97. The summed E-state index contributed by atoms with van der Waals surface area (Å²) in [5.74, 6) is 0. The summed E-state index contributed by atoms with van der Waals surface area (Å²) in [5.41, 5.74) is 7.81. The zero-order valence-corrected chi connectivity index (χ0v) is 9.44. The highest BCUT2D eigenvalue weighted by molar-refractivity contribution is 5.76. The number of rotatable bonds is 3. The van der Waals surface area contributed by atoms with E-state index in [1.165, 1.54) is 0 Å². The summed E-state index contributed by atoms with van der Waals surface area (Å²) in [6, 6.07) is 8.25. The number of nitrogens with one attached hydrogen (secondary N) is 1. The van der Waals surface area contributed by atoms with Gasteiger partial charge in [0.25, 0.3) is 0 Å². The third-order valence-electron chi connectivity index (χ3n) is 3.06. The second kappa shape index (κ2) is 4.53. The van der Waals surface area contributed by atoms with Gasteiger partial charge in [-0.05, 0) is 18.1 Å². The van der Waals surface area contributed by atoms with Crippen molar-refractivity contribution in [2.75, 3.05) is 13.1 Å². The first-order chi connectivity index (χ1) is 7.72. The van der Waals surface area contributed by atoms with E-state index in [1.807, 2.05) is 36.1 Å². The van der Waals surface area contributed by atoms with E-state index in [2.05, 4.69) is 5.32 Å². The van der Waals surface area contributed by atoms with Crippen molar-refractivity contribution in [1.29, 1.82) is 0 Å². The van der Waals surface area contributed by atoms with E-state index in [4.69, 9.17) is 5.73 Å². The quantitative estimate of drug-likeness (QED) is 0.803. The molecular formula is C12H17N3O. The van der Waals surface area contributed by atoms with Crippen molar-refractivity contribution in [2.24, 2.45) is 5.73 Å². The van der Waals surface area contributed by atoms with Crippen LogP contribution in [0.5, 0.6) is 0 Å². The number of hydrogen-bond donors (Lipinski definition) is 2. The Kier molecular flexibility index (Phi) is 3.10. The smallest absolute Gasteiger partial charge is 0.318 e. The monoisotopic (exact) mass is 219 g/mol. The summed E-state index contributed by atoms with van der Waals surface area (Å²) >= 11 is 0. The van der Waals surface area contributed by atoms with Crippen LogP contribution in [0.4, 0.5) is 4.79 Å². The molecule has 1 aliphatic rings. The minimum absolute atomic E-state index is 0.0235. The molecule has 1 unspecified atom stereocenters. The third kappa shape index (κ3) is 2.02. The van der Waals surface area contributed by atoms with Gasteiger partial charge in [-0.3, -0.25) is 0 Å². The van der Waals surface area contributed by atoms with Gasteiger partial charge in [0.1, 0.15) is 0 Å². The maximum atomic E-state index is 11.5. The van der Waals surface area contributed by atoms with Gasteiger partial charge in [0.05, 0.1) is 6.04 Å². The maximum Gasteiger partial charge on any atom is 0.318 e. The first-order valence-electron chi connectivity index (χ1n) is 5.55. The Labute approximate surface area is 95.4 Å². The minimum atomic E-state index is 0.0235. The van der Waals surface area contributed by atoms with Crippen molar-refractivity contribution < 1.29 is 4.79 Å². The summed E-state index contributed by atoms with van der Waals surface area (Å²) in [4.78, 5) is 13.4. The highest BCUT2D eigenvalue weighted by atomic mass is 16.2. The Hall–Kier alpha value is -1.55. The Morgan fingerprint density at radius 2 is 2.12 bits per heavy atom. The largest absolute Gasteiger partial charge is 0.336 e. The van der Waals surface area contributed by atoms with Crippen LogP contribution in [0.25, 0.3) is 0 Å². The highest BCUT2D eigenvalue weighted by Gasteiger charge is 2.25. The van der Waals surface area contributed by atoms with Crippen LogP contribution in [0, 0.1) is 0 Å². The number of hydrogen-bond acceptors (Lipinski definition) is 2. The van der Waals surface area contributed by atoms with Gasteiger partial charge in [0.2, 0.25) is 0 Å². The first kappa shape index (κ1) is 11.0. The zero-order chi connectivity index (χ0) is 11.5. The molecule has 0 aliphatic carbocycles. The average molecular weight is 219 g/mol. The van der Waals surface area contributed by atoms with Gasteiger partial charge in [0, 0.05) is 19.6 Å². The lowest BCUT2D eigenvalue weighted by atomic mass is 10.1. The van der Waals surface area contributed by atoms with Gasteiger partial charge in [0.15, 0.2) is 0 Å². The number of benzene rings is 1. The molecule has 0 spiro atoms. The van der Waals surface area contributed by atoms with Crippen molar-refractivity contribution in [3.05, 3.63) is 35.4 Å². The van der Waals surface area contributed by atoms with Gasteiger partial charge >= 0.3 is 6.03 Å². The predicted octanol–water partition coefficient (Wildman–Crippen LogP) is 1.23. The molecule has 86 valence electrons. The molecule has 0 saturated carbocycles. The van der Waals surface area contributed by atoms with Crippen molar-refractivity contribution in [3.63, 3.8) is 0 Å². The number of nitrogens with zero attached hydrogens (tertiary/aromatic N) is 1. The molecule has 1 fully saturated rings. The number of urea groups is 1. The number of nitrogens with two attached hydrogens (primary N) is 1. The van der Waals surface area contributed by atoms with Crippen molar-refractivity contribution >= 4 is 6.03 Å². The standard InChI is InChI=1S/C12H17N3O/c1-9(15-7-6-14-12(15)16)11-4-2-10(8-13)3-5-11/h2-5,9H,6-8,13H2,1H3,(H,14,16). The summed E-state index contributed by atoms with van der Waals surface area (Å²) in [7, 11) is 0. The van der Waals surface area contributed by atoms with Crippen LogP contribution in [0.2, 0.25) is 0 Å². The molecule has 16 heavy (non-hydrogen) atoms. The molecule has 0 radical (unpaired) electrons. The molecule has 4 nitrogen and oxygen atoms in total. The van der Waals surface area contributed by atoms with E-state index in [-0.39, 0.29) is 12.1 Å². The highest BCUT2D eigenvalue weighted by Crippen LogP contribution is 2.21. The molecule has 1 heterocycles. The number of carbonyl (C=O) groups is 1. The van der Waals surface area contributed by atoms with E-state index < -0.39 is 0 Å². The van der Waals surface area contributed by atoms with Gasteiger partial charge < -0.3 is 16.0 Å². The molecule has 1 saturated heterocycles. The molecule has 1 aromatic rings. The normalized spacial score (nSPS) is 17.4. The third-order valence-corrected chi connectivity index (χ3v) is 3.06. The SMILES string of the molecule is CC(c1ccc(CN)cc1)N1CCNC1=O. The molecule has 1 atom stereocenters.